The Balaban J connectivity index is 1.91. The average molecular weight is 289 g/mol. The summed E-state index contributed by atoms with van der Waals surface area (Å²) in [5.74, 6) is 1.76. The van der Waals surface area contributed by atoms with Gasteiger partial charge in [0.25, 0.3) is 0 Å². The first-order valence-electron chi connectivity index (χ1n) is 7.00. The molecule has 8 heteroatoms. The van der Waals surface area contributed by atoms with Crippen LogP contribution in [0.25, 0.3) is 5.95 Å². The number of imidazole rings is 1. The second-order valence-electron chi connectivity index (χ2n) is 4.93. The Hall–Kier alpha value is -2.22. The molecule has 0 bridgehead atoms. The maximum Gasteiger partial charge on any atom is 0.241 e. The molecule has 0 saturated carbocycles. The minimum absolute atomic E-state index is 0.390. The van der Waals surface area contributed by atoms with E-state index in [1.54, 1.807) is 24.1 Å². The summed E-state index contributed by atoms with van der Waals surface area (Å²) < 4.78 is 7.18. The largest absolute Gasteiger partial charge is 0.381 e. The maximum absolute atomic E-state index is 5.41. The van der Waals surface area contributed by atoms with Gasteiger partial charge >= 0.3 is 0 Å². The minimum Gasteiger partial charge on any atom is -0.381 e. The molecule has 1 aliphatic heterocycles. The van der Waals surface area contributed by atoms with Crippen LogP contribution in [0, 0.1) is 0 Å². The Kier molecular flexibility index (Phi) is 3.96. The first-order chi connectivity index (χ1) is 10.3. The fraction of sp³-hybridized carbons (Fsp3) is 0.538. The molecule has 1 N–H and O–H groups in total. The van der Waals surface area contributed by atoms with Crippen LogP contribution in [-0.4, -0.2) is 57.9 Å². The monoisotopic (exact) mass is 289 g/mol. The van der Waals surface area contributed by atoms with E-state index < -0.39 is 0 Å². The van der Waals surface area contributed by atoms with Crippen molar-refractivity contribution in [2.24, 2.45) is 0 Å². The third-order valence-corrected chi connectivity index (χ3v) is 3.62. The van der Waals surface area contributed by atoms with Gasteiger partial charge in [-0.05, 0) is 12.8 Å². The zero-order valence-electron chi connectivity index (χ0n) is 12.2. The topological polar surface area (TPSA) is 81.0 Å². The molecule has 3 heterocycles. The van der Waals surface area contributed by atoms with E-state index in [2.05, 4.69) is 30.2 Å². The van der Waals surface area contributed by atoms with Crippen molar-refractivity contribution in [3.63, 3.8) is 0 Å². The molecule has 21 heavy (non-hydrogen) atoms. The van der Waals surface area contributed by atoms with Gasteiger partial charge in [0.1, 0.15) is 6.33 Å². The summed E-state index contributed by atoms with van der Waals surface area (Å²) in [6.07, 6.45) is 7.15. The Labute approximate surface area is 123 Å². The number of rotatable bonds is 4. The quantitative estimate of drug-likeness (QED) is 0.888. The molecule has 0 aromatic carbocycles. The van der Waals surface area contributed by atoms with Crippen molar-refractivity contribution in [3.8, 4) is 5.95 Å². The van der Waals surface area contributed by atoms with E-state index in [9.17, 15) is 0 Å². The highest BCUT2D eigenvalue weighted by Crippen LogP contribution is 2.19. The molecule has 2 aromatic heterocycles. The van der Waals surface area contributed by atoms with Crippen molar-refractivity contribution in [1.29, 1.82) is 0 Å². The van der Waals surface area contributed by atoms with Crippen molar-refractivity contribution in [2.75, 3.05) is 37.5 Å². The second kappa shape index (κ2) is 6.04. The van der Waals surface area contributed by atoms with Gasteiger partial charge in [0.15, 0.2) is 0 Å². The van der Waals surface area contributed by atoms with Crippen molar-refractivity contribution in [3.05, 3.63) is 18.7 Å². The van der Waals surface area contributed by atoms with Crippen molar-refractivity contribution < 1.29 is 4.74 Å². The molecule has 1 saturated heterocycles. The summed E-state index contributed by atoms with van der Waals surface area (Å²) >= 11 is 0. The molecule has 0 amide bonds. The number of hydrogen-bond acceptors (Lipinski definition) is 7. The van der Waals surface area contributed by atoms with Crippen LogP contribution < -0.4 is 10.2 Å². The van der Waals surface area contributed by atoms with Gasteiger partial charge < -0.3 is 15.0 Å². The van der Waals surface area contributed by atoms with Crippen LogP contribution in [0.4, 0.5) is 11.9 Å². The van der Waals surface area contributed by atoms with Gasteiger partial charge in [-0.1, -0.05) is 0 Å². The van der Waals surface area contributed by atoms with Gasteiger partial charge in [0, 0.05) is 45.7 Å². The molecule has 1 fully saturated rings. The predicted octanol–water partition coefficient (Wildman–Crippen LogP) is 0.714. The van der Waals surface area contributed by atoms with Gasteiger partial charge in [-0.2, -0.15) is 15.0 Å². The number of hydrogen-bond donors (Lipinski definition) is 1. The number of aromatic nitrogens is 5. The van der Waals surface area contributed by atoms with Crippen LogP contribution in [-0.2, 0) is 4.74 Å². The number of ether oxygens (including phenoxy) is 1. The zero-order chi connectivity index (χ0) is 14.7. The third kappa shape index (κ3) is 2.94. The van der Waals surface area contributed by atoms with Crippen LogP contribution in [0.1, 0.15) is 12.8 Å². The van der Waals surface area contributed by atoms with Crippen molar-refractivity contribution in [1.82, 2.24) is 24.5 Å². The lowest BCUT2D eigenvalue weighted by atomic mass is 10.1. The number of nitrogens with one attached hydrogen (secondary N) is 1. The van der Waals surface area contributed by atoms with Crippen LogP contribution in [0.5, 0.6) is 0 Å². The molecule has 2 aromatic rings. The lowest BCUT2D eigenvalue weighted by Crippen LogP contribution is -2.38. The molecule has 0 radical (unpaired) electrons. The van der Waals surface area contributed by atoms with Crippen LogP contribution in [0.3, 0.4) is 0 Å². The molecule has 0 spiro atoms. The Bertz CT molecular complexity index is 580. The van der Waals surface area contributed by atoms with Gasteiger partial charge in [0.05, 0.1) is 0 Å². The summed E-state index contributed by atoms with van der Waals surface area (Å²) in [6.45, 7) is 1.57. The number of anilines is 2. The molecule has 112 valence electrons. The summed E-state index contributed by atoms with van der Waals surface area (Å²) in [6, 6.07) is 0.390. The Morgan fingerprint density at radius 2 is 2.10 bits per heavy atom. The zero-order valence-corrected chi connectivity index (χ0v) is 12.2. The fourth-order valence-corrected chi connectivity index (χ4v) is 2.35. The van der Waals surface area contributed by atoms with Gasteiger partial charge in [0.2, 0.25) is 17.8 Å². The van der Waals surface area contributed by atoms with Crippen LogP contribution in [0.15, 0.2) is 18.7 Å². The Morgan fingerprint density at radius 1 is 1.29 bits per heavy atom. The van der Waals surface area contributed by atoms with Crippen LogP contribution >= 0.6 is 0 Å². The first kappa shape index (κ1) is 13.7. The third-order valence-electron chi connectivity index (χ3n) is 3.62. The van der Waals surface area contributed by atoms with E-state index in [4.69, 9.17) is 4.74 Å². The van der Waals surface area contributed by atoms with E-state index in [1.807, 2.05) is 13.2 Å². The van der Waals surface area contributed by atoms with Crippen molar-refractivity contribution >= 4 is 11.9 Å². The van der Waals surface area contributed by atoms with E-state index in [1.165, 1.54) is 0 Å². The summed E-state index contributed by atoms with van der Waals surface area (Å²) in [5.41, 5.74) is 0. The van der Waals surface area contributed by atoms with E-state index in [-0.39, 0.29) is 0 Å². The highest BCUT2D eigenvalue weighted by atomic mass is 16.5. The maximum atomic E-state index is 5.41. The normalized spacial score (nSPS) is 15.9. The number of nitrogens with zero attached hydrogens (tertiary/aromatic N) is 6. The van der Waals surface area contributed by atoms with E-state index >= 15 is 0 Å². The molecule has 8 nitrogen and oxygen atoms in total. The highest BCUT2D eigenvalue weighted by Gasteiger charge is 2.21. The second-order valence-corrected chi connectivity index (χ2v) is 4.93. The minimum atomic E-state index is 0.390. The molecular formula is C13H19N7O. The average Bonchev–Trinajstić information content (AvgIpc) is 3.09. The summed E-state index contributed by atoms with van der Waals surface area (Å²) in [4.78, 5) is 19.5. The standard InChI is InChI=1S/C13H19N7O/c1-14-11-16-12(19(2)10-3-7-21-8-4-10)18-13(17-11)20-6-5-15-9-20/h5-6,9-10H,3-4,7-8H2,1-2H3,(H,14,16,17,18). The van der Waals surface area contributed by atoms with Gasteiger partial charge in [-0.15, -0.1) is 0 Å². The molecule has 0 aliphatic carbocycles. The summed E-state index contributed by atoms with van der Waals surface area (Å²) in [7, 11) is 3.81. The molecule has 1 aliphatic rings. The van der Waals surface area contributed by atoms with Crippen molar-refractivity contribution in [2.45, 2.75) is 18.9 Å². The lowest BCUT2D eigenvalue weighted by molar-refractivity contribution is 0.0852. The summed E-state index contributed by atoms with van der Waals surface area (Å²) in [5, 5.41) is 2.98. The predicted molar refractivity (Wildman–Crippen MR) is 78.7 cm³/mol. The fourth-order valence-electron chi connectivity index (χ4n) is 2.35. The molecule has 3 rings (SSSR count). The van der Waals surface area contributed by atoms with E-state index in [0.29, 0.717) is 23.9 Å². The Morgan fingerprint density at radius 3 is 2.76 bits per heavy atom. The first-order valence-corrected chi connectivity index (χ1v) is 7.00. The SMILES string of the molecule is CNc1nc(N(C)C2CCOCC2)nc(-n2ccnc2)n1. The molecular weight excluding hydrogens is 270 g/mol. The highest BCUT2D eigenvalue weighted by molar-refractivity contribution is 5.40. The molecule has 0 atom stereocenters. The van der Waals surface area contributed by atoms with Gasteiger partial charge in [-0.3, -0.25) is 4.57 Å². The van der Waals surface area contributed by atoms with E-state index in [0.717, 1.165) is 26.1 Å². The van der Waals surface area contributed by atoms with Gasteiger partial charge in [-0.25, -0.2) is 4.98 Å². The van der Waals surface area contributed by atoms with Crippen LogP contribution in [0.2, 0.25) is 0 Å². The lowest BCUT2D eigenvalue weighted by Gasteiger charge is -2.31. The smallest absolute Gasteiger partial charge is 0.241 e. The molecule has 0 unspecified atom stereocenters.